The molecule has 0 aliphatic heterocycles. The van der Waals surface area contributed by atoms with Crippen LogP contribution in [0.4, 0.5) is 4.39 Å². The highest BCUT2D eigenvalue weighted by molar-refractivity contribution is 5.21. The van der Waals surface area contributed by atoms with E-state index < -0.39 is 5.67 Å². The van der Waals surface area contributed by atoms with Gasteiger partial charge in [0.1, 0.15) is 5.67 Å². The minimum atomic E-state index is -0.770. The normalized spacial score (nSPS) is 57.7. The molecule has 3 aliphatic carbocycles. The first-order chi connectivity index (χ1) is 4.06. The Balaban J connectivity index is 2.04. The van der Waals surface area contributed by atoms with Crippen LogP contribution >= 0.6 is 0 Å². The molecule has 2 heteroatoms. The molecule has 0 aromatic heterocycles. The van der Waals surface area contributed by atoms with Gasteiger partial charge in [-0.3, -0.25) is 0 Å². The Hall–Kier alpha value is -0.110. The maximum Gasteiger partial charge on any atom is 0.112 e. The second-order valence-electron chi connectivity index (χ2n) is 3.83. The molecule has 0 aromatic rings. The number of hydrogen-bond donors (Lipinski definition) is 1. The molecule has 9 heavy (non-hydrogen) atoms. The third-order valence-electron chi connectivity index (χ3n) is 2.97. The molecule has 2 N–H and O–H groups in total. The summed E-state index contributed by atoms with van der Waals surface area (Å²) < 4.78 is 12.8. The van der Waals surface area contributed by atoms with Crippen molar-refractivity contribution in [3.05, 3.63) is 0 Å². The lowest BCUT2D eigenvalue weighted by Crippen LogP contribution is -2.70. The molecule has 0 heterocycles. The van der Waals surface area contributed by atoms with Crippen molar-refractivity contribution in [2.45, 2.75) is 37.9 Å². The second-order valence-corrected chi connectivity index (χ2v) is 3.83. The van der Waals surface area contributed by atoms with Crippen LogP contribution in [-0.2, 0) is 0 Å². The first-order valence-electron chi connectivity index (χ1n) is 3.51. The van der Waals surface area contributed by atoms with Crippen LogP contribution in [-0.4, -0.2) is 11.7 Å². The molecule has 1 nitrogen and oxygen atoms in total. The van der Waals surface area contributed by atoms with Crippen LogP contribution in [0.1, 0.15) is 26.2 Å². The number of hydrogen-bond acceptors (Lipinski definition) is 1. The van der Waals surface area contributed by atoms with E-state index in [2.05, 4.69) is 0 Å². The summed E-state index contributed by atoms with van der Waals surface area (Å²) in [6.07, 6.45) is 2.20. The molecule has 1 atom stereocenters. The molecule has 3 saturated carbocycles. The topological polar surface area (TPSA) is 26.0 Å². The number of rotatable bonds is 1. The molecule has 0 radical (unpaired) electrons. The lowest BCUT2D eigenvalue weighted by Gasteiger charge is -2.67. The summed E-state index contributed by atoms with van der Waals surface area (Å²) >= 11 is 0. The first kappa shape index (κ1) is 5.66. The molecule has 52 valence electrons. The van der Waals surface area contributed by atoms with Crippen molar-refractivity contribution in [2.24, 2.45) is 11.1 Å². The Labute approximate surface area is 54.4 Å². The van der Waals surface area contributed by atoms with Crippen LogP contribution in [0.5, 0.6) is 0 Å². The third-order valence-corrected chi connectivity index (χ3v) is 2.97. The first-order valence-corrected chi connectivity index (χ1v) is 3.51. The van der Waals surface area contributed by atoms with Crippen molar-refractivity contribution in [1.82, 2.24) is 0 Å². The maximum absolute atomic E-state index is 12.8. The highest BCUT2D eigenvalue weighted by Gasteiger charge is 2.70. The molecular formula is C7H12FN. The van der Waals surface area contributed by atoms with Gasteiger partial charge in [-0.2, -0.15) is 0 Å². The lowest BCUT2D eigenvalue weighted by molar-refractivity contribution is -0.221. The van der Waals surface area contributed by atoms with Gasteiger partial charge in [0, 0.05) is 6.04 Å². The number of halogens is 1. The van der Waals surface area contributed by atoms with Gasteiger partial charge in [-0.05, 0) is 31.6 Å². The summed E-state index contributed by atoms with van der Waals surface area (Å²) in [4.78, 5) is 0. The fourth-order valence-corrected chi connectivity index (χ4v) is 2.22. The molecular weight excluding hydrogens is 117 g/mol. The Morgan fingerprint density at radius 3 is 2.00 bits per heavy atom. The van der Waals surface area contributed by atoms with Crippen LogP contribution in [0.15, 0.2) is 0 Å². The van der Waals surface area contributed by atoms with E-state index in [4.69, 9.17) is 5.73 Å². The minimum absolute atomic E-state index is 0.204. The molecule has 2 bridgehead atoms. The zero-order valence-corrected chi connectivity index (χ0v) is 5.65. The highest BCUT2D eigenvalue weighted by atomic mass is 19.1. The van der Waals surface area contributed by atoms with Gasteiger partial charge in [-0.25, -0.2) is 4.39 Å². The van der Waals surface area contributed by atoms with Crippen molar-refractivity contribution in [3.63, 3.8) is 0 Å². The Bertz CT molecular complexity index is 133. The van der Waals surface area contributed by atoms with Gasteiger partial charge in [0.05, 0.1) is 0 Å². The van der Waals surface area contributed by atoms with Gasteiger partial charge < -0.3 is 5.73 Å². The molecule has 0 amide bonds. The average Bonchev–Trinajstić information content (AvgIpc) is 1.54. The maximum atomic E-state index is 12.8. The summed E-state index contributed by atoms with van der Waals surface area (Å²) in [6.45, 7) is 1.98. The van der Waals surface area contributed by atoms with Crippen LogP contribution in [0.2, 0.25) is 0 Å². The Kier molecular flexibility index (Phi) is 0.736. The Morgan fingerprint density at radius 1 is 1.44 bits per heavy atom. The second kappa shape index (κ2) is 1.17. The van der Waals surface area contributed by atoms with E-state index in [-0.39, 0.29) is 11.5 Å². The van der Waals surface area contributed by atoms with Gasteiger partial charge in [-0.15, -0.1) is 0 Å². The highest BCUT2D eigenvalue weighted by Crippen LogP contribution is 2.70. The van der Waals surface area contributed by atoms with Gasteiger partial charge in [0.25, 0.3) is 0 Å². The van der Waals surface area contributed by atoms with Crippen LogP contribution in [0.3, 0.4) is 0 Å². The molecule has 3 fully saturated rings. The molecule has 0 saturated heterocycles. The van der Waals surface area contributed by atoms with E-state index in [9.17, 15) is 4.39 Å². The molecule has 3 rings (SSSR count). The summed E-state index contributed by atoms with van der Waals surface area (Å²) in [6, 6.07) is 0.204. The van der Waals surface area contributed by atoms with E-state index in [1.165, 1.54) is 0 Å². The smallest absolute Gasteiger partial charge is 0.112 e. The monoisotopic (exact) mass is 129 g/mol. The average molecular weight is 129 g/mol. The zero-order valence-electron chi connectivity index (χ0n) is 5.65. The van der Waals surface area contributed by atoms with Crippen molar-refractivity contribution in [1.29, 1.82) is 0 Å². The quantitative estimate of drug-likeness (QED) is 0.566. The van der Waals surface area contributed by atoms with Gasteiger partial charge >= 0.3 is 0 Å². The minimum Gasteiger partial charge on any atom is -0.327 e. The van der Waals surface area contributed by atoms with Crippen LogP contribution in [0, 0.1) is 5.41 Å². The van der Waals surface area contributed by atoms with Crippen molar-refractivity contribution >= 4 is 0 Å². The SMILES string of the molecule is CC(N)C12CC(F)(C1)C2. The van der Waals surface area contributed by atoms with Crippen LogP contribution < -0.4 is 5.73 Å². The molecule has 0 aromatic carbocycles. The van der Waals surface area contributed by atoms with Crippen LogP contribution in [0.25, 0.3) is 0 Å². The number of alkyl halides is 1. The molecule has 3 aliphatic rings. The van der Waals surface area contributed by atoms with Gasteiger partial charge in [-0.1, -0.05) is 0 Å². The lowest BCUT2D eigenvalue weighted by atomic mass is 9.40. The van der Waals surface area contributed by atoms with E-state index in [0.29, 0.717) is 0 Å². The molecule has 0 spiro atoms. The summed E-state index contributed by atoms with van der Waals surface area (Å²) in [5.41, 5.74) is 5.12. The van der Waals surface area contributed by atoms with Crippen molar-refractivity contribution in [2.75, 3.05) is 0 Å². The van der Waals surface area contributed by atoms with Gasteiger partial charge in [0.2, 0.25) is 0 Å². The summed E-state index contributed by atoms with van der Waals surface area (Å²) in [5, 5.41) is 0. The third kappa shape index (κ3) is 0.480. The van der Waals surface area contributed by atoms with Crippen molar-refractivity contribution in [3.8, 4) is 0 Å². The predicted molar refractivity (Wildman–Crippen MR) is 33.8 cm³/mol. The number of nitrogens with two attached hydrogens (primary N) is 1. The van der Waals surface area contributed by atoms with Gasteiger partial charge in [0.15, 0.2) is 0 Å². The summed E-state index contributed by atoms with van der Waals surface area (Å²) in [7, 11) is 0. The largest absolute Gasteiger partial charge is 0.327 e. The standard InChI is InChI=1S/C7H12FN/c1-5(9)6-2-7(8,3-6)4-6/h5H,2-4,9H2,1H3. The van der Waals surface area contributed by atoms with E-state index in [1.807, 2.05) is 6.92 Å². The fourth-order valence-electron chi connectivity index (χ4n) is 2.22. The van der Waals surface area contributed by atoms with E-state index in [1.54, 1.807) is 0 Å². The van der Waals surface area contributed by atoms with E-state index in [0.717, 1.165) is 19.3 Å². The predicted octanol–water partition coefficient (Wildman–Crippen LogP) is 1.23. The van der Waals surface area contributed by atoms with E-state index >= 15 is 0 Å². The van der Waals surface area contributed by atoms with Crippen molar-refractivity contribution < 1.29 is 4.39 Å². The zero-order chi connectivity index (χ0) is 6.70. The fraction of sp³-hybridized carbons (Fsp3) is 1.00. The molecule has 1 unspecified atom stereocenters. The summed E-state index contributed by atoms with van der Waals surface area (Å²) in [5.74, 6) is 0. The Morgan fingerprint density at radius 2 is 1.89 bits per heavy atom.